The normalized spacial score (nSPS) is 14.8. The lowest BCUT2D eigenvalue weighted by atomic mass is 10.0. The molecule has 0 spiro atoms. The Labute approximate surface area is 236 Å². The first-order chi connectivity index (χ1) is 18.4. The molecule has 0 unspecified atom stereocenters. The molecule has 1 aliphatic heterocycles. The number of thiocarbonyl (C=S) groups is 1. The van der Waals surface area contributed by atoms with Crippen LogP contribution in [0, 0.1) is 12.8 Å². The Bertz CT molecular complexity index is 1300. The van der Waals surface area contributed by atoms with E-state index in [0.717, 1.165) is 59.5 Å². The number of rotatable bonds is 12. The van der Waals surface area contributed by atoms with Crippen LogP contribution in [0.4, 0.5) is 0 Å². The number of aryl methyl sites for hydroxylation is 1. The van der Waals surface area contributed by atoms with E-state index in [9.17, 15) is 4.79 Å². The number of hydrogen-bond acceptors (Lipinski definition) is 5. The van der Waals surface area contributed by atoms with Gasteiger partial charge in [-0.3, -0.25) is 9.69 Å². The third-order valence-corrected chi connectivity index (χ3v) is 7.94. The summed E-state index contributed by atoms with van der Waals surface area (Å²) in [5.74, 6) is 1.48. The van der Waals surface area contributed by atoms with E-state index in [1.807, 2.05) is 59.4 Å². The SMILES string of the molecule is CCCCCCN1C(=O)/C(=C/c2cn(-c3ccccc3)nc2-c2ccc(OCCC(C)C)c(C)c2)SC1=S. The number of benzene rings is 2. The number of ether oxygens (including phenoxy) is 1. The van der Waals surface area contributed by atoms with E-state index in [2.05, 4.69) is 33.8 Å². The standard InChI is InChI=1S/C31H37N3O2S2/c1-5-6-7-11-17-33-30(35)28(38-31(33)37)20-25-21-34(26-12-9-8-10-13-26)32-29(25)24-14-15-27(23(4)19-24)36-18-16-22(2)3/h8-10,12-15,19-22H,5-7,11,16-18H2,1-4H3/b28-20-. The fourth-order valence-corrected chi connectivity index (χ4v) is 5.62. The fourth-order valence-electron chi connectivity index (χ4n) is 4.32. The molecule has 1 aromatic heterocycles. The Kier molecular flexibility index (Phi) is 9.80. The van der Waals surface area contributed by atoms with Gasteiger partial charge in [-0.25, -0.2) is 4.68 Å². The summed E-state index contributed by atoms with van der Waals surface area (Å²) >= 11 is 6.95. The molecule has 0 saturated carbocycles. The number of aromatic nitrogens is 2. The molecule has 1 amide bonds. The lowest BCUT2D eigenvalue weighted by molar-refractivity contribution is -0.122. The minimum Gasteiger partial charge on any atom is -0.493 e. The molecule has 2 aromatic carbocycles. The van der Waals surface area contributed by atoms with Crippen molar-refractivity contribution in [1.29, 1.82) is 0 Å². The molecule has 7 heteroatoms. The molecule has 200 valence electrons. The number of para-hydroxylation sites is 1. The summed E-state index contributed by atoms with van der Waals surface area (Å²) in [7, 11) is 0. The average molecular weight is 548 g/mol. The van der Waals surface area contributed by atoms with Gasteiger partial charge in [0.25, 0.3) is 5.91 Å². The van der Waals surface area contributed by atoms with Crippen molar-refractivity contribution < 1.29 is 9.53 Å². The molecule has 3 aromatic rings. The fraction of sp³-hybridized carbons (Fsp3) is 0.387. The molecular formula is C31H37N3O2S2. The number of carbonyl (C=O) groups is 1. The highest BCUT2D eigenvalue weighted by atomic mass is 32.2. The highest BCUT2D eigenvalue weighted by molar-refractivity contribution is 8.26. The summed E-state index contributed by atoms with van der Waals surface area (Å²) in [6.07, 6.45) is 9.36. The van der Waals surface area contributed by atoms with Crippen LogP contribution in [0.15, 0.2) is 59.6 Å². The van der Waals surface area contributed by atoms with Gasteiger partial charge < -0.3 is 4.74 Å². The minimum absolute atomic E-state index is 0.0139. The van der Waals surface area contributed by atoms with Crippen LogP contribution in [-0.2, 0) is 4.79 Å². The molecule has 1 aliphatic rings. The molecule has 1 saturated heterocycles. The number of hydrogen-bond donors (Lipinski definition) is 0. The molecule has 4 rings (SSSR count). The molecule has 0 radical (unpaired) electrons. The number of carbonyl (C=O) groups excluding carboxylic acids is 1. The van der Waals surface area contributed by atoms with Gasteiger partial charge in [-0.05, 0) is 67.7 Å². The molecule has 0 aliphatic carbocycles. The Morgan fingerprint density at radius 2 is 1.89 bits per heavy atom. The topological polar surface area (TPSA) is 47.4 Å². The second kappa shape index (κ2) is 13.3. The number of amides is 1. The van der Waals surface area contributed by atoms with E-state index >= 15 is 0 Å². The number of nitrogens with zero attached hydrogens (tertiary/aromatic N) is 3. The van der Waals surface area contributed by atoms with E-state index < -0.39 is 0 Å². The van der Waals surface area contributed by atoms with E-state index in [1.54, 1.807) is 4.90 Å². The summed E-state index contributed by atoms with van der Waals surface area (Å²) in [6, 6.07) is 16.2. The summed E-state index contributed by atoms with van der Waals surface area (Å²) in [6.45, 7) is 10.0. The quantitative estimate of drug-likeness (QED) is 0.130. The zero-order chi connectivity index (χ0) is 27.1. The minimum atomic E-state index is -0.0139. The molecular weight excluding hydrogens is 510 g/mol. The molecule has 38 heavy (non-hydrogen) atoms. The van der Waals surface area contributed by atoms with Crippen LogP contribution >= 0.6 is 24.0 Å². The maximum atomic E-state index is 13.3. The third-order valence-electron chi connectivity index (χ3n) is 6.56. The van der Waals surface area contributed by atoms with Crippen LogP contribution < -0.4 is 4.74 Å². The Hall–Kier alpha value is -2.90. The maximum Gasteiger partial charge on any atom is 0.266 e. The van der Waals surface area contributed by atoms with Gasteiger partial charge in [0, 0.05) is 23.9 Å². The smallest absolute Gasteiger partial charge is 0.266 e. The summed E-state index contributed by atoms with van der Waals surface area (Å²) in [5, 5.41) is 4.95. The lowest BCUT2D eigenvalue weighted by Gasteiger charge is -2.13. The van der Waals surface area contributed by atoms with Crippen LogP contribution in [0.3, 0.4) is 0 Å². The van der Waals surface area contributed by atoms with Crippen molar-refractivity contribution in [2.45, 2.75) is 59.8 Å². The predicted molar refractivity (Wildman–Crippen MR) is 163 cm³/mol. The third kappa shape index (κ3) is 6.94. The van der Waals surface area contributed by atoms with Gasteiger partial charge in [0.05, 0.1) is 17.2 Å². The van der Waals surface area contributed by atoms with E-state index in [-0.39, 0.29) is 5.91 Å². The van der Waals surface area contributed by atoms with Crippen LogP contribution in [0.5, 0.6) is 5.75 Å². The van der Waals surface area contributed by atoms with Gasteiger partial charge >= 0.3 is 0 Å². The van der Waals surface area contributed by atoms with Crippen molar-refractivity contribution in [2.75, 3.05) is 13.2 Å². The van der Waals surface area contributed by atoms with Crippen LogP contribution in [0.25, 0.3) is 23.0 Å². The average Bonchev–Trinajstić information content (AvgIpc) is 3.44. The van der Waals surface area contributed by atoms with E-state index in [0.29, 0.717) is 28.3 Å². The second-order valence-electron chi connectivity index (χ2n) is 10.1. The molecule has 5 nitrogen and oxygen atoms in total. The first-order valence-electron chi connectivity index (χ1n) is 13.5. The second-order valence-corrected chi connectivity index (χ2v) is 11.8. The lowest BCUT2D eigenvalue weighted by Crippen LogP contribution is -2.29. The van der Waals surface area contributed by atoms with Crippen molar-refractivity contribution in [1.82, 2.24) is 14.7 Å². The van der Waals surface area contributed by atoms with Gasteiger partial charge in [0.15, 0.2) is 0 Å². The highest BCUT2D eigenvalue weighted by Gasteiger charge is 2.32. The van der Waals surface area contributed by atoms with Crippen LogP contribution in [0.2, 0.25) is 0 Å². The first kappa shape index (κ1) is 28.1. The largest absolute Gasteiger partial charge is 0.493 e. The number of thioether (sulfide) groups is 1. The van der Waals surface area contributed by atoms with Crippen molar-refractivity contribution in [3.05, 3.63) is 70.8 Å². The van der Waals surface area contributed by atoms with Gasteiger partial charge in [-0.2, -0.15) is 5.10 Å². The van der Waals surface area contributed by atoms with Crippen LogP contribution in [0.1, 0.15) is 64.0 Å². The predicted octanol–water partition coefficient (Wildman–Crippen LogP) is 8.05. The van der Waals surface area contributed by atoms with Crippen molar-refractivity contribution in [3.63, 3.8) is 0 Å². The monoisotopic (exact) mass is 547 g/mol. The Morgan fingerprint density at radius 3 is 2.61 bits per heavy atom. The van der Waals surface area contributed by atoms with Crippen molar-refractivity contribution in [2.24, 2.45) is 5.92 Å². The molecule has 1 fully saturated rings. The Balaban J connectivity index is 1.64. The van der Waals surface area contributed by atoms with E-state index in [1.165, 1.54) is 18.2 Å². The van der Waals surface area contributed by atoms with Crippen molar-refractivity contribution >= 4 is 40.3 Å². The zero-order valence-electron chi connectivity index (χ0n) is 22.8. The highest BCUT2D eigenvalue weighted by Crippen LogP contribution is 2.36. The van der Waals surface area contributed by atoms with Gasteiger partial charge in [-0.1, -0.05) is 82.2 Å². The van der Waals surface area contributed by atoms with Gasteiger partial charge in [0.2, 0.25) is 0 Å². The van der Waals surface area contributed by atoms with Gasteiger partial charge in [-0.15, -0.1) is 0 Å². The molecule has 0 N–H and O–H groups in total. The number of unbranched alkanes of at least 4 members (excludes halogenated alkanes) is 3. The first-order valence-corrected chi connectivity index (χ1v) is 14.7. The van der Waals surface area contributed by atoms with Gasteiger partial charge in [0.1, 0.15) is 15.8 Å². The molecule has 0 bridgehead atoms. The Morgan fingerprint density at radius 1 is 1.11 bits per heavy atom. The van der Waals surface area contributed by atoms with E-state index in [4.69, 9.17) is 22.1 Å². The van der Waals surface area contributed by atoms with Crippen LogP contribution in [-0.4, -0.2) is 38.1 Å². The maximum absolute atomic E-state index is 13.3. The summed E-state index contributed by atoms with van der Waals surface area (Å²) in [4.78, 5) is 15.7. The summed E-state index contributed by atoms with van der Waals surface area (Å²) < 4.78 is 8.53. The molecule has 2 heterocycles. The summed E-state index contributed by atoms with van der Waals surface area (Å²) in [5.41, 5.74) is 4.70. The zero-order valence-corrected chi connectivity index (χ0v) is 24.4. The van der Waals surface area contributed by atoms with Crippen molar-refractivity contribution in [3.8, 4) is 22.7 Å². The molecule has 0 atom stereocenters.